The van der Waals surface area contributed by atoms with Gasteiger partial charge in [-0.05, 0) is 26.7 Å². The minimum Gasteiger partial charge on any atom is -0.381 e. The fourth-order valence-electron chi connectivity index (χ4n) is 3.01. The molecule has 1 saturated heterocycles. The van der Waals surface area contributed by atoms with Crippen LogP contribution in [0, 0.1) is 6.92 Å². The number of alkyl halides is 1. The van der Waals surface area contributed by atoms with Gasteiger partial charge in [0.2, 0.25) is 0 Å². The van der Waals surface area contributed by atoms with Crippen molar-refractivity contribution in [1.82, 2.24) is 19.3 Å². The van der Waals surface area contributed by atoms with Gasteiger partial charge in [0.05, 0.1) is 11.6 Å². The number of hydrogen-bond acceptors (Lipinski definition) is 3. The molecule has 19 heavy (non-hydrogen) atoms. The summed E-state index contributed by atoms with van der Waals surface area (Å²) < 4.78 is 9.68. The molecule has 0 bridgehead atoms. The second-order valence-corrected chi connectivity index (χ2v) is 5.75. The van der Waals surface area contributed by atoms with Crippen molar-refractivity contribution in [2.24, 2.45) is 7.05 Å². The SMILES string of the molecule is Cc1nn(C)c2c1nc(CCl)n2C1(C)CCOCC1. The van der Waals surface area contributed by atoms with Gasteiger partial charge in [0.25, 0.3) is 0 Å². The van der Waals surface area contributed by atoms with Crippen LogP contribution in [0.4, 0.5) is 0 Å². The number of nitrogens with zero attached hydrogens (tertiary/aromatic N) is 4. The number of ether oxygens (including phenoxy) is 1. The molecule has 0 N–H and O–H groups in total. The fourth-order valence-corrected chi connectivity index (χ4v) is 3.19. The summed E-state index contributed by atoms with van der Waals surface area (Å²) >= 11 is 6.10. The van der Waals surface area contributed by atoms with Crippen molar-refractivity contribution in [3.63, 3.8) is 0 Å². The third-order valence-electron chi connectivity index (χ3n) is 4.10. The Labute approximate surface area is 117 Å². The van der Waals surface area contributed by atoms with Crippen LogP contribution in [-0.4, -0.2) is 32.5 Å². The van der Waals surface area contributed by atoms with Crippen LogP contribution in [0.15, 0.2) is 0 Å². The Morgan fingerprint density at radius 2 is 2.05 bits per heavy atom. The summed E-state index contributed by atoms with van der Waals surface area (Å²) in [6, 6.07) is 0. The molecule has 0 amide bonds. The molecule has 1 aliphatic heterocycles. The largest absolute Gasteiger partial charge is 0.381 e. The zero-order valence-corrected chi connectivity index (χ0v) is 12.4. The van der Waals surface area contributed by atoms with Gasteiger partial charge in [0.15, 0.2) is 5.65 Å². The van der Waals surface area contributed by atoms with Gasteiger partial charge >= 0.3 is 0 Å². The van der Waals surface area contributed by atoms with E-state index in [1.807, 2.05) is 18.7 Å². The van der Waals surface area contributed by atoms with Crippen LogP contribution in [0.1, 0.15) is 31.3 Å². The van der Waals surface area contributed by atoms with Crippen molar-refractivity contribution in [3.05, 3.63) is 11.5 Å². The first-order valence-corrected chi connectivity index (χ1v) is 7.15. The lowest BCUT2D eigenvalue weighted by Gasteiger charge is -2.36. The summed E-state index contributed by atoms with van der Waals surface area (Å²) in [5, 5.41) is 4.47. The highest BCUT2D eigenvalue weighted by atomic mass is 35.5. The van der Waals surface area contributed by atoms with E-state index in [1.54, 1.807) is 0 Å². The Bertz CT molecular complexity index is 610. The van der Waals surface area contributed by atoms with E-state index in [1.165, 1.54) is 0 Å². The average Bonchev–Trinajstić information content (AvgIpc) is 2.90. The lowest BCUT2D eigenvalue weighted by molar-refractivity contribution is 0.0298. The predicted molar refractivity (Wildman–Crippen MR) is 74.5 cm³/mol. The number of rotatable bonds is 2. The van der Waals surface area contributed by atoms with Gasteiger partial charge < -0.3 is 9.30 Å². The summed E-state index contributed by atoms with van der Waals surface area (Å²) in [5.41, 5.74) is 3.00. The standard InChI is InChI=1S/C13H19ClN4O/c1-9-11-12(17(3)16-9)18(10(8-14)15-11)13(2)4-6-19-7-5-13/h4-8H2,1-3H3. The number of aromatic nitrogens is 4. The first kappa shape index (κ1) is 12.9. The summed E-state index contributed by atoms with van der Waals surface area (Å²) in [6.45, 7) is 5.82. The van der Waals surface area contributed by atoms with Gasteiger partial charge in [-0.15, -0.1) is 11.6 Å². The molecule has 0 radical (unpaired) electrons. The monoisotopic (exact) mass is 282 g/mol. The highest BCUT2D eigenvalue weighted by Gasteiger charge is 2.34. The third-order valence-corrected chi connectivity index (χ3v) is 4.34. The highest BCUT2D eigenvalue weighted by molar-refractivity contribution is 6.16. The summed E-state index contributed by atoms with van der Waals surface area (Å²) in [7, 11) is 1.97. The molecule has 1 aliphatic rings. The molecule has 0 spiro atoms. The second kappa shape index (κ2) is 4.49. The van der Waals surface area contributed by atoms with Crippen LogP contribution in [0.2, 0.25) is 0 Å². The quantitative estimate of drug-likeness (QED) is 0.794. The van der Waals surface area contributed by atoms with Crippen LogP contribution in [-0.2, 0) is 23.2 Å². The number of imidazole rings is 1. The molecular formula is C13H19ClN4O. The zero-order chi connectivity index (χ0) is 13.6. The van der Waals surface area contributed by atoms with Gasteiger partial charge in [0.1, 0.15) is 11.3 Å². The Balaban J connectivity index is 2.25. The molecule has 0 unspecified atom stereocenters. The second-order valence-electron chi connectivity index (χ2n) is 5.49. The van der Waals surface area contributed by atoms with E-state index < -0.39 is 0 Å². The smallest absolute Gasteiger partial charge is 0.159 e. The fraction of sp³-hybridized carbons (Fsp3) is 0.692. The molecule has 3 rings (SSSR count). The molecule has 104 valence electrons. The van der Waals surface area contributed by atoms with Crippen molar-refractivity contribution < 1.29 is 4.74 Å². The molecule has 0 atom stereocenters. The van der Waals surface area contributed by atoms with Crippen LogP contribution in [0.3, 0.4) is 0 Å². The van der Waals surface area contributed by atoms with Crippen LogP contribution >= 0.6 is 11.6 Å². The van der Waals surface area contributed by atoms with E-state index in [-0.39, 0.29) is 5.54 Å². The molecule has 0 saturated carbocycles. The molecular weight excluding hydrogens is 264 g/mol. The third kappa shape index (κ3) is 1.87. The van der Waals surface area contributed by atoms with Gasteiger partial charge in [0, 0.05) is 25.8 Å². The van der Waals surface area contributed by atoms with Gasteiger partial charge in [-0.1, -0.05) is 0 Å². The maximum Gasteiger partial charge on any atom is 0.159 e. The topological polar surface area (TPSA) is 44.9 Å². The zero-order valence-electron chi connectivity index (χ0n) is 11.6. The van der Waals surface area contributed by atoms with Crippen LogP contribution in [0.5, 0.6) is 0 Å². The minimum atomic E-state index is 0.0114. The first-order chi connectivity index (χ1) is 9.07. The van der Waals surface area contributed by atoms with E-state index >= 15 is 0 Å². The summed E-state index contributed by atoms with van der Waals surface area (Å²) in [6.07, 6.45) is 1.96. The van der Waals surface area contributed by atoms with Crippen molar-refractivity contribution >= 4 is 22.8 Å². The maximum absolute atomic E-state index is 6.10. The van der Waals surface area contributed by atoms with Crippen molar-refractivity contribution in [2.75, 3.05) is 13.2 Å². The first-order valence-electron chi connectivity index (χ1n) is 6.62. The molecule has 6 heteroatoms. The molecule has 0 aromatic carbocycles. The Morgan fingerprint density at radius 1 is 1.37 bits per heavy atom. The summed E-state index contributed by atoms with van der Waals surface area (Å²) in [5.74, 6) is 1.35. The molecule has 1 fully saturated rings. The van der Waals surface area contributed by atoms with E-state index in [0.717, 1.165) is 48.7 Å². The average molecular weight is 283 g/mol. The normalized spacial score (nSPS) is 19.2. The van der Waals surface area contributed by atoms with E-state index in [0.29, 0.717) is 5.88 Å². The molecule has 0 aliphatic carbocycles. The molecule has 2 aromatic heterocycles. The van der Waals surface area contributed by atoms with Crippen molar-refractivity contribution in [3.8, 4) is 0 Å². The van der Waals surface area contributed by atoms with Crippen LogP contribution in [0.25, 0.3) is 11.2 Å². The molecule has 5 nitrogen and oxygen atoms in total. The lowest BCUT2D eigenvalue weighted by atomic mass is 9.92. The van der Waals surface area contributed by atoms with Gasteiger partial charge in [-0.25, -0.2) is 4.98 Å². The van der Waals surface area contributed by atoms with Gasteiger partial charge in [-0.3, -0.25) is 4.68 Å². The molecule has 3 heterocycles. The summed E-state index contributed by atoms with van der Waals surface area (Å²) in [4.78, 5) is 4.68. The number of fused-ring (bicyclic) bond motifs is 1. The number of hydrogen-bond donors (Lipinski definition) is 0. The molecule has 2 aromatic rings. The Kier molecular flexibility index (Phi) is 3.06. The highest BCUT2D eigenvalue weighted by Crippen LogP contribution is 2.34. The lowest BCUT2D eigenvalue weighted by Crippen LogP contribution is -2.38. The van der Waals surface area contributed by atoms with E-state index in [9.17, 15) is 0 Å². The van der Waals surface area contributed by atoms with Crippen LogP contribution < -0.4 is 0 Å². The van der Waals surface area contributed by atoms with Crippen molar-refractivity contribution in [1.29, 1.82) is 0 Å². The predicted octanol–water partition coefficient (Wildman–Crippen LogP) is 2.34. The van der Waals surface area contributed by atoms with E-state index in [4.69, 9.17) is 16.3 Å². The number of halogens is 1. The Morgan fingerprint density at radius 3 is 2.68 bits per heavy atom. The maximum atomic E-state index is 6.10. The van der Waals surface area contributed by atoms with Crippen molar-refractivity contribution in [2.45, 2.75) is 38.1 Å². The van der Waals surface area contributed by atoms with E-state index in [2.05, 4.69) is 21.6 Å². The van der Waals surface area contributed by atoms with Gasteiger partial charge in [-0.2, -0.15) is 5.10 Å². The number of aryl methyl sites for hydroxylation is 2. The minimum absolute atomic E-state index is 0.0114. The Hall–Kier alpha value is -1.07.